The first-order valence-corrected chi connectivity index (χ1v) is 8.57. The van der Waals surface area contributed by atoms with Crippen LogP contribution < -0.4 is 16.4 Å². The van der Waals surface area contributed by atoms with Crippen LogP contribution >= 0.6 is 0 Å². The van der Waals surface area contributed by atoms with Crippen LogP contribution in [0.15, 0.2) is 66.9 Å². The summed E-state index contributed by atoms with van der Waals surface area (Å²) >= 11 is 0. The van der Waals surface area contributed by atoms with Gasteiger partial charge in [0, 0.05) is 18.3 Å². The Morgan fingerprint density at radius 2 is 1.61 bits per heavy atom. The zero-order chi connectivity index (χ0) is 19.9. The van der Waals surface area contributed by atoms with E-state index in [1.54, 1.807) is 41.2 Å². The minimum Gasteiger partial charge on any atom is -0.368 e. The van der Waals surface area contributed by atoms with Crippen molar-refractivity contribution in [1.29, 1.82) is 0 Å². The van der Waals surface area contributed by atoms with E-state index in [9.17, 15) is 14.4 Å². The summed E-state index contributed by atoms with van der Waals surface area (Å²) in [4.78, 5) is 34.8. The van der Waals surface area contributed by atoms with Gasteiger partial charge < -0.3 is 16.4 Å². The van der Waals surface area contributed by atoms with E-state index in [0.717, 1.165) is 11.3 Å². The highest BCUT2D eigenvalue weighted by atomic mass is 16.2. The number of primary amides is 1. The molecular formula is C20H19N5O3. The molecule has 8 heteroatoms. The first kappa shape index (κ1) is 18.8. The number of nitrogens with two attached hydrogens (primary N) is 1. The summed E-state index contributed by atoms with van der Waals surface area (Å²) in [6, 6.07) is 17.8. The quantitative estimate of drug-likeness (QED) is 0.569. The number of para-hydroxylation sites is 1. The lowest BCUT2D eigenvalue weighted by molar-refractivity contribution is -0.117. The van der Waals surface area contributed by atoms with E-state index in [1.807, 2.05) is 30.3 Å². The molecule has 2 aromatic carbocycles. The number of hydrogen-bond donors (Lipinski definition) is 3. The molecule has 0 radical (unpaired) electrons. The topological polar surface area (TPSA) is 119 Å². The standard InChI is InChI=1S/C20H19N5O3/c21-18(26)13-23-19(27)15-8-6-14(7-9-15)12-22-20(28)17-10-11-25(24-17)16-4-2-1-3-5-16/h1-11H,12-13H2,(H2,21,26)(H,22,28)(H,23,27). The van der Waals surface area contributed by atoms with Crippen LogP contribution in [0, 0.1) is 0 Å². The maximum atomic E-state index is 12.3. The lowest BCUT2D eigenvalue weighted by Gasteiger charge is -2.06. The molecule has 4 N–H and O–H groups in total. The van der Waals surface area contributed by atoms with Crippen molar-refractivity contribution in [2.75, 3.05) is 6.54 Å². The summed E-state index contributed by atoms with van der Waals surface area (Å²) in [5, 5.41) is 9.48. The third kappa shape index (κ3) is 4.82. The first-order valence-electron chi connectivity index (χ1n) is 8.57. The molecule has 1 heterocycles. The second kappa shape index (κ2) is 8.63. The zero-order valence-electron chi connectivity index (χ0n) is 15.0. The molecule has 0 fully saturated rings. The number of aromatic nitrogens is 2. The number of carbonyl (C=O) groups is 3. The van der Waals surface area contributed by atoms with Gasteiger partial charge in [0.05, 0.1) is 12.2 Å². The molecule has 3 rings (SSSR count). The van der Waals surface area contributed by atoms with E-state index in [1.165, 1.54) is 0 Å². The molecule has 28 heavy (non-hydrogen) atoms. The van der Waals surface area contributed by atoms with Gasteiger partial charge in [-0.05, 0) is 35.9 Å². The number of carbonyl (C=O) groups excluding carboxylic acids is 3. The first-order chi connectivity index (χ1) is 13.5. The van der Waals surface area contributed by atoms with E-state index >= 15 is 0 Å². The highest BCUT2D eigenvalue weighted by Crippen LogP contribution is 2.08. The molecular weight excluding hydrogens is 358 g/mol. The Bertz CT molecular complexity index is 981. The van der Waals surface area contributed by atoms with Gasteiger partial charge in [0.1, 0.15) is 0 Å². The molecule has 142 valence electrons. The zero-order valence-corrected chi connectivity index (χ0v) is 15.0. The van der Waals surface area contributed by atoms with Gasteiger partial charge in [0.15, 0.2) is 5.69 Å². The maximum absolute atomic E-state index is 12.3. The third-order valence-corrected chi connectivity index (χ3v) is 3.93. The molecule has 0 bridgehead atoms. The van der Waals surface area contributed by atoms with Gasteiger partial charge in [-0.25, -0.2) is 4.68 Å². The molecule has 0 saturated heterocycles. The smallest absolute Gasteiger partial charge is 0.272 e. The summed E-state index contributed by atoms with van der Waals surface area (Å²) < 4.78 is 1.63. The predicted molar refractivity (Wildman–Crippen MR) is 103 cm³/mol. The van der Waals surface area contributed by atoms with Gasteiger partial charge >= 0.3 is 0 Å². The fraction of sp³-hybridized carbons (Fsp3) is 0.100. The van der Waals surface area contributed by atoms with Gasteiger partial charge in [-0.1, -0.05) is 30.3 Å². The molecule has 1 aromatic heterocycles. The van der Waals surface area contributed by atoms with Crippen LogP contribution in [0.3, 0.4) is 0 Å². The minimum atomic E-state index is -0.609. The van der Waals surface area contributed by atoms with E-state index in [2.05, 4.69) is 15.7 Å². The maximum Gasteiger partial charge on any atom is 0.272 e. The number of nitrogens with one attached hydrogen (secondary N) is 2. The van der Waals surface area contributed by atoms with E-state index in [0.29, 0.717) is 17.8 Å². The van der Waals surface area contributed by atoms with Crippen LogP contribution in [0.2, 0.25) is 0 Å². The average Bonchev–Trinajstić information content (AvgIpc) is 3.21. The SMILES string of the molecule is NC(=O)CNC(=O)c1ccc(CNC(=O)c2ccn(-c3ccccc3)n2)cc1. The lowest BCUT2D eigenvalue weighted by atomic mass is 10.1. The van der Waals surface area contributed by atoms with Crippen LogP contribution in [0.4, 0.5) is 0 Å². The summed E-state index contributed by atoms with van der Waals surface area (Å²) in [6.07, 6.45) is 1.73. The average molecular weight is 377 g/mol. The number of amides is 3. The molecule has 8 nitrogen and oxygen atoms in total. The molecule has 3 amide bonds. The number of benzene rings is 2. The van der Waals surface area contributed by atoms with Gasteiger partial charge in [-0.3, -0.25) is 14.4 Å². The molecule has 0 aliphatic carbocycles. The second-order valence-electron chi connectivity index (χ2n) is 6.01. The minimum absolute atomic E-state index is 0.216. The van der Waals surface area contributed by atoms with Crippen LogP contribution in [0.25, 0.3) is 5.69 Å². The molecule has 0 aliphatic rings. The Hall–Kier alpha value is -3.94. The molecule has 0 atom stereocenters. The van der Waals surface area contributed by atoms with Crippen LogP contribution in [-0.4, -0.2) is 34.0 Å². The van der Waals surface area contributed by atoms with Crippen molar-refractivity contribution in [3.8, 4) is 5.69 Å². The number of rotatable bonds is 7. The van der Waals surface area contributed by atoms with E-state index in [4.69, 9.17) is 5.73 Å². The van der Waals surface area contributed by atoms with Crippen molar-refractivity contribution < 1.29 is 14.4 Å². The Kier molecular flexibility index (Phi) is 5.81. The van der Waals surface area contributed by atoms with Gasteiger partial charge in [-0.2, -0.15) is 5.10 Å². The predicted octanol–water partition coefficient (Wildman–Crippen LogP) is 1.02. The van der Waals surface area contributed by atoms with Crippen molar-refractivity contribution in [1.82, 2.24) is 20.4 Å². The lowest BCUT2D eigenvalue weighted by Crippen LogP contribution is -2.33. The van der Waals surface area contributed by atoms with Crippen molar-refractivity contribution in [3.05, 3.63) is 83.7 Å². The van der Waals surface area contributed by atoms with Crippen molar-refractivity contribution >= 4 is 17.7 Å². The van der Waals surface area contributed by atoms with Crippen molar-refractivity contribution in [3.63, 3.8) is 0 Å². The fourth-order valence-corrected chi connectivity index (χ4v) is 2.49. The Balaban J connectivity index is 1.55. The molecule has 0 saturated carbocycles. The molecule has 0 unspecified atom stereocenters. The third-order valence-electron chi connectivity index (χ3n) is 3.93. The summed E-state index contributed by atoms with van der Waals surface area (Å²) in [5.74, 6) is -1.29. The second-order valence-corrected chi connectivity index (χ2v) is 6.01. The van der Waals surface area contributed by atoms with Crippen LogP contribution in [0.1, 0.15) is 26.4 Å². The number of hydrogen-bond acceptors (Lipinski definition) is 4. The summed E-state index contributed by atoms with van der Waals surface area (Å²) in [6.45, 7) is 0.0759. The highest BCUT2D eigenvalue weighted by molar-refractivity contribution is 5.96. The normalized spacial score (nSPS) is 10.3. The fourth-order valence-electron chi connectivity index (χ4n) is 2.49. The Morgan fingerprint density at radius 1 is 0.893 bits per heavy atom. The van der Waals surface area contributed by atoms with E-state index in [-0.39, 0.29) is 18.4 Å². The van der Waals surface area contributed by atoms with E-state index < -0.39 is 5.91 Å². The summed E-state index contributed by atoms with van der Waals surface area (Å²) in [7, 11) is 0. The van der Waals surface area contributed by atoms with Crippen molar-refractivity contribution in [2.45, 2.75) is 6.54 Å². The van der Waals surface area contributed by atoms with Crippen LogP contribution in [-0.2, 0) is 11.3 Å². The molecule has 0 spiro atoms. The molecule has 0 aliphatic heterocycles. The Morgan fingerprint density at radius 3 is 2.29 bits per heavy atom. The van der Waals surface area contributed by atoms with Crippen molar-refractivity contribution in [2.24, 2.45) is 5.73 Å². The highest BCUT2D eigenvalue weighted by Gasteiger charge is 2.10. The monoisotopic (exact) mass is 377 g/mol. The van der Waals surface area contributed by atoms with Gasteiger partial charge in [-0.15, -0.1) is 0 Å². The molecule has 3 aromatic rings. The Labute approximate surface area is 161 Å². The number of nitrogens with zero attached hydrogens (tertiary/aromatic N) is 2. The van der Waals surface area contributed by atoms with Crippen LogP contribution in [0.5, 0.6) is 0 Å². The van der Waals surface area contributed by atoms with Gasteiger partial charge in [0.2, 0.25) is 5.91 Å². The van der Waals surface area contributed by atoms with Gasteiger partial charge in [0.25, 0.3) is 11.8 Å². The largest absolute Gasteiger partial charge is 0.368 e. The summed E-state index contributed by atoms with van der Waals surface area (Å²) in [5.41, 5.74) is 7.39.